The SMILES string of the molecule is CCC(N)[N+](C)(C)C.COS(=O)(=O)O.N. The molecule has 6 N–H and O–H groups in total. The quantitative estimate of drug-likeness (QED) is 0.365. The summed E-state index contributed by atoms with van der Waals surface area (Å²) in [5.41, 5.74) is 5.72. The first-order valence-electron chi connectivity index (χ1n) is 4.14. The fraction of sp³-hybridized carbons (Fsp3) is 1.00. The summed E-state index contributed by atoms with van der Waals surface area (Å²) < 4.78 is 30.6. The third-order valence-corrected chi connectivity index (χ3v) is 2.05. The van der Waals surface area contributed by atoms with Gasteiger partial charge in [0.15, 0.2) is 0 Å². The van der Waals surface area contributed by atoms with Crippen molar-refractivity contribution < 1.29 is 21.6 Å². The zero-order chi connectivity index (χ0) is 12.0. The van der Waals surface area contributed by atoms with Crippen LogP contribution in [0.3, 0.4) is 0 Å². The highest BCUT2D eigenvalue weighted by Gasteiger charge is 2.14. The summed E-state index contributed by atoms with van der Waals surface area (Å²) in [5.74, 6) is 0. The van der Waals surface area contributed by atoms with Crippen molar-refractivity contribution in [2.24, 2.45) is 5.73 Å². The molecule has 0 aromatic rings. The highest BCUT2D eigenvalue weighted by molar-refractivity contribution is 7.80. The Labute approximate surface area is 92.3 Å². The largest absolute Gasteiger partial charge is 0.397 e. The van der Waals surface area contributed by atoms with E-state index in [0.717, 1.165) is 18.0 Å². The molecule has 0 aromatic heterocycles. The van der Waals surface area contributed by atoms with Crippen molar-refractivity contribution in [1.29, 1.82) is 0 Å². The van der Waals surface area contributed by atoms with Gasteiger partial charge in [0.05, 0.1) is 28.3 Å². The molecule has 0 aromatic carbocycles. The lowest BCUT2D eigenvalue weighted by atomic mass is 10.3. The van der Waals surface area contributed by atoms with Gasteiger partial charge in [0.25, 0.3) is 0 Å². The normalized spacial score (nSPS) is 13.3. The molecule has 0 radical (unpaired) electrons. The second-order valence-corrected chi connectivity index (χ2v) is 4.88. The van der Waals surface area contributed by atoms with Crippen molar-refractivity contribution in [3.8, 4) is 0 Å². The molecule has 0 saturated carbocycles. The molecule has 0 aliphatic rings. The zero-order valence-corrected chi connectivity index (χ0v) is 10.9. The van der Waals surface area contributed by atoms with Crippen LogP contribution in [0.15, 0.2) is 0 Å². The van der Waals surface area contributed by atoms with Gasteiger partial charge in [0.2, 0.25) is 0 Å². The molecule has 1 atom stereocenters. The maximum Gasteiger partial charge on any atom is 0.397 e. The molecule has 96 valence electrons. The average Bonchev–Trinajstić information content (AvgIpc) is 2.01. The van der Waals surface area contributed by atoms with Crippen molar-refractivity contribution in [2.75, 3.05) is 28.3 Å². The van der Waals surface area contributed by atoms with Crippen molar-refractivity contribution >= 4 is 10.4 Å². The predicted molar refractivity (Wildman–Crippen MR) is 59.9 cm³/mol. The van der Waals surface area contributed by atoms with Crippen LogP contribution in [-0.2, 0) is 14.6 Å². The molecular formula is C7H24N3O4S+. The molecule has 15 heavy (non-hydrogen) atoms. The van der Waals surface area contributed by atoms with Crippen molar-refractivity contribution in [3.63, 3.8) is 0 Å². The number of nitrogens with two attached hydrogens (primary N) is 1. The van der Waals surface area contributed by atoms with E-state index in [1.54, 1.807) is 0 Å². The minimum absolute atomic E-state index is 0. The molecule has 0 aliphatic carbocycles. The summed E-state index contributed by atoms with van der Waals surface area (Å²) in [6.07, 6.45) is 1.33. The summed E-state index contributed by atoms with van der Waals surface area (Å²) in [6, 6.07) is 0. The van der Waals surface area contributed by atoms with Crippen LogP contribution in [0, 0.1) is 0 Å². The van der Waals surface area contributed by atoms with E-state index >= 15 is 0 Å². The van der Waals surface area contributed by atoms with Crippen LogP contribution in [0.2, 0.25) is 0 Å². The second-order valence-electron chi connectivity index (χ2n) is 3.69. The van der Waals surface area contributed by atoms with E-state index in [1.165, 1.54) is 0 Å². The summed E-state index contributed by atoms with van der Waals surface area (Å²) in [7, 11) is 3.02. The summed E-state index contributed by atoms with van der Waals surface area (Å²) in [5, 5.41) is 0. The lowest BCUT2D eigenvalue weighted by molar-refractivity contribution is -0.895. The molecular weight excluding hydrogens is 222 g/mol. The van der Waals surface area contributed by atoms with Gasteiger partial charge in [-0.1, -0.05) is 6.92 Å². The zero-order valence-electron chi connectivity index (χ0n) is 10.1. The van der Waals surface area contributed by atoms with Crippen LogP contribution >= 0.6 is 0 Å². The Kier molecular flexibility index (Phi) is 10.7. The third kappa shape index (κ3) is 16.4. The van der Waals surface area contributed by atoms with Gasteiger partial charge in [-0.05, 0) is 0 Å². The molecule has 7 nitrogen and oxygen atoms in total. The number of hydrogen-bond donors (Lipinski definition) is 3. The summed E-state index contributed by atoms with van der Waals surface area (Å²) >= 11 is 0. The predicted octanol–water partition coefficient (Wildman–Crippen LogP) is -0.0150. The Morgan fingerprint density at radius 3 is 1.67 bits per heavy atom. The van der Waals surface area contributed by atoms with E-state index in [2.05, 4.69) is 32.2 Å². The Morgan fingerprint density at radius 1 is 1.40 bits per heavy atom. The molecule has 0 saturated heterocycles. The van der Waals surface area contributed by atoms with Gasteiger partial charge in [-0.15, -0.1) is 0 Å². The fourth-order valence-electron chi connectivity index (χ4n) is 0.548. The first-order valence-corrected chi connectivity index (χ1v) is 5.50. The van der Waals surface area contributed by atoms with Gasteiger partial charge in [-0.25, -0.2) is 0 Å². The van der Waals surface area contributed by atoms with E-state index in [9.17, 15) is 8.42 Å². The molecule has 0 bridgehead atoms. The van der Waals surface area contributed by atoms with Gasteiger partial charge in [-0.3, -0.25) is 14.5 Å². The topological polar surface area (TPSA) is 125 Å². The lowest BCUT2D eigenvalue weighted by Gasteiger charge is -2.30. The van der Waals surface area contributed by atoms with E-state index in [0.29, 0.717) is 0 Å². The lowest BCUT2D eigenvalue weighted by Crippen LogP contribution is -2.50. The highest BCUT2D eigenvalue weighted by atomic mass is 32.3. The maximum absolute atomic E-state index is 9.33. The molecule has 0 heterocycles. The van der Waals surface area contributed by atoms with Gasteiger partial charge >= 0.3 is 10.4 Å². The van der Waals surface area contributed by atoms with Crippen molar-refractivity contribution in [3.05, 3.63) is 0 Å². The Bertz CT molecular complexity index is 235. The molecule has 1 unspecified atom stereocenters. The van der Waals surface area contributed by atoms with Gasteiger partial charge in [0.1, 0.15) is 6.17 Å². The number of nitrogens with zero attached hydrogens (tertiary/aromatic N) is 1. The van der Waals surface area contributed by atoms with Gasteiger partial charge < -0.3 is 10.6 Å². The fourth-order valence-corrected chi connectivity index (χ4v) is 0.548. The molecule has 0 spiro atoms. The van der Waals surface area contributed by atoms with Crippen molar-refractivity contribution in [1.82, 2.24) is 6.15 Å². The monoisotopic (exact) mass is 246 g/mol. The Hall–Kier alpha value is -0.250. The Morgan fingerprint density at radius 2 is 1.67 bits per heavy atom. The van der Waals surface area contributed by atoms with Crippen LogP contribution in [0.25, 0.3) is 0 Å². The highest BCUT2D eigenvalue weighted by Crippen LogP contribution is 1.98. The molecule has 0 aliphatic heterocycles. The smallest absolute Gasteiger partial charge is 0.344 e. The summed E-state index contributed by atoms with van der Waals surface area (Å²) in [4.78, 5) is 0. The first kappa shape index (κ1) is 20.2. The number of rotatable bonds is 3. The molecule has 0 rings (SSSR count). The number of hydrogen-bond acceptors (Lipinski definition) is 5. The van der Waals surface area contributed by atoms with E-state index in [-0.39, 0.29) is 12.3 Å². The minimum atomic E-state index is -4.16. The Balaban J connectivity index is -0.000000187. The average molecular weight is 246 g/mol. The van der Waals surface area contributed by atoms with Crippen LogP contribution in [0.4, 0.5) is 0 Å². The van der Waals surface area contributed by atoms with E-state index < -0.39 is 10.4 Å². The minimum Gasteiger partial charge on any atom is -0.344 e. The van der Waals surface area contributed by atoms with E-state index in [1.807, 2.05) is 0 Å². The summed E-state index contributed by atoms with van der Waals surface area (Å²) in [6.45, 7) is 2.11. The van der Waals surface area contributed by atoms with Crippen LogP contribution in [0.1, 0.15) is 13.3 Å². The van der Waals surface area contributed by atoms with Crippen LogP contribution < -0.4 is 11.9 Å². The maximum atomic E-state index is 9.33. The standard InChI is InChI=1S/C6H17N2.CH4O4S.H3N/c1-5-6(7)8(2,3)4;1-5-6(2,3)4;/h6H,5,7H2,1-4H3;1H3,(H,2,3,4);1H3/q+1;;. The third-order valence-electron chi connectivity index (χ3n) is 1.62. The molecule has 0 amide bonds. The molecule has 0 fully saturated rings. The van der Waals surface area contributed by atoms with E-state index in [4.69, 9.17) is 10.3 Å². The van der Waals surface area contributed by atoms with Crippen molar-refractivity contribution in [2.45, 2.75) is 19.5 Å². The van der Waals surface area contributed by atoms with Gasteiger partial charge in [0, 0.05) is 6.42 Å². The second kappa shape index (κ2) is 7.97. The first-order chi connectivity index (χ1) is 6.04. The van der Waals surface area contributed by atoms with Crippen LogP contribution in [-0.4, -0.2) is 51.9 Å². The number of quaternary nitrogens is 1. The van der Waals surface area contributed by atoms with Gasteiger partial charge in [-0.2, -0.15) is 8.42 Å². The molecule has 8 heteroatoms. The van der Waals surface area contributed by atoms with Crippen LogP contribution in [0.5, 0.6) is 0 Å².